The van der Waals surface area contributed by atoms with Crippen molar-refractivity contribution in [1.29, 1.82) is 0 Å². The van der Waals surface area contributed by atoms with Crippen LogP contribution in [0.25, 0.3) is 28.7 Å². The van der Waals surface area contributed by atoms with Crippen molar-refractivity contribution in [2.45, 2.75) is 67.2 Å². The summed E-state index contributed by atoms with van der Waals surface area (Å²) in [5.41, 5.74) is 3.50. The molecular formula is C69H69F6N4O9S8+. The molecule has 2 fully saturated rings. The van der Waals surface area contributed by atoms with Gasteiger partial charge in [-0.15, -0.1) is 0 Å². The predicted octanol–water partition coefficient (Wildman–Crippen LogP) is 18.3. The Morgan fingerprint density at radius 3 is 1.53 bits per heavy atom. The molecule has 0 aliphatic carbocycles. The minimum atomic E-state index is -4.43. The van der Waals surface area contributed by atoms with Gasteiger partial charge in [-0.1, -0.05) is 232 Å². The van der Waals surface area contributed by atoms with Crippen LogP contribution >= 0.6 is 84.6 Å². The molecule has 2 aliphatic rings. The third kappa shape index (κ3) is 29.3. The summed E-state index contributed by atoms with van der Waals surface area (Å²) < 4.78 is 102. The number of amides is 2. The summed E-state index contributed by atoms with van der Waals surface area (Å²) >= 11 is 27.5. The van der Waals surface area contributed by atoms with Crippen molar-refractivity contribution in [3.8, 4) is 22.6 Å². The number of furan rings is 2. The zero-order chi connectivity index (χ0) is 68.5. The van der Waals surface area contributed by atoms with Crippen molar-refractivity contribution in [2.24, 2.45) is 4.36 Å². The number of esters is 2. The molecule has 2 saturated heterocycles. The van der Waals surface area contributed by atoms with Crippen molar-refractivity contribution in [2.75, 3.05) is 30.5 Å². The molecule has 6 aromatic carbocycles. The lowest BCUT2D eigenvalue weighted by Crippen LogP contribution is -2.27. The van der Waals surface area contributed by atoms with Crippen LogP contribution in [0.3, 0.4) is 0 Å². The molecule has 0 atom stereocenters. The molecule has 2 aromatic heterocycles. The average Bonchev–Trinajstić information content (AvgIpc) is 1.76. The van der Waals surface area contributed by atoms with Crippen LogP contribution in [0, 0.1) is 0 Å². The number of alkyl halides is 6. The number of thiocarbonyl (C=S) groups is 3. The molecule has 27 heteroatoms. The maximum Gasteiger partial charge on any atom is 1.00 e. The Balaban J connectivity index is 0.000000418. The van der Waals surface area contributed by atoms with E-state index in [0.29, 0.717) is 80.6 Å². The molecule has 96 heavy (non-hydrogen) atoms. The minimum Gasteiger partial charge on any atom is -0.465 e. The molecule has 8 aromatic rings. The number of nitrogens with zero attached hydrogens (tertiary/aromatic N) is 3. The lowest BCUT2D eigenvalue weighted by atomic mass is 10.1. The van der Waals surface area contributed by atoms with E-state index in [2.05, 4.69) is 39.5 Å². The SMILES string of the molecule is C.C.CCOC(=O)CS.CCOC(=O)CSC(=S)NCc1ccccc1.O=C1/C(=C/c2ccc(-c3cccc(C(F)(F)F)c3)o2)SC(=S)N1Cc1ccccc1.O=C1CSC(=S)N1Cc1ccccc1.O=Cc1ccc(-c2cccc(C(F)(F)F)c2)o1.S=NCc1ccccc1.[H+]. The first-order chi connectivity index (χ1) is 45.0. The van der Waals surface area contributed by atoms with Crippen LogP contribution in [0.1, 0.15) is 79.8 Å². The van der Waals surface area contributed by atoms with Gasteiger partial charge in [-0.2, -0.15) is 39.0 Å². The summed E-state index contributed by atoms with van der Waals surface area (Å²) in [4.78, 5) is 59.3. The maximum atomic E-state index is 12.9. The molecule has 13 nitrogen and oxygen atoms in total. The van der Waals surface area contributed by atoms with Gasteiger partial charge in [0.05, 0.1) is 66.1 Å². The number of carbonyl (C=O) groups is 5. The topological polar surface area (TPSA) is 161 Å². The van der Waals surface area contributed by atoms with Gasteiger partial charge < -0.3 is 23.6 Å². The molecule has 4 heterocycles. The monoisotopic (exact) mass is 1470 g/mol. The number of hydrogen-bond donors (Lipinski definition) is 2. The summed E-state index contributed by atoms with van der Waals surface area (Å²) in [6.45, 7) is 6.70. The van der Waals surface area contributed by atoms with Crippen LogP contribution in [0.15, 0.2) is 212 Å². The Morgan fingerprint density at radius 1 is 0.646 bits per heavy atom. The van der Waals surface area contributed by atoms with E-state index in [1.54, 1.807) is 37.0 Å². The number of halogens is 6. The fourth-order valence-electron chi connectivity index (χ4n) is 7.70. The number of aldehydes is 1. The second-order valence-corrected chi connectivity index (χ2v) is 24.4. The van der Waals surface area contributed by atoms with Crippen molar-refractivity contribution in [3.05, 3.63) is 244 Å². The summed E-state index contributed by atoms with van der Waals surface area (Å²) in [6.07, 6.45) is -6.77. The Hall–Kier alpha value is -7.76. The summed E-state index contributed by atoms with van der Waals surface area (Å²) in [5.74, 6) is 1.28. The van der Waals surface area contributed by atoms with Gasteiger partial charge in [-0.25, -0.2) is 4.36 Å². The number of thiol groups is 1. The van der Waals surface area contributed by atoms with Gasteiger partial charge in [0.25, 0.3) is 5.91 Å². The number of thioether (sulfide) groups is 3. The smallest absolute Gasteiger partial charge is 0.465 e. The van der Waals surface area contributed by atoms with Crippen molar-refractivity contribution in [1.82, 2.24) is 15.1 Å². The Bertz CT molecular complexity index is 3800. The third-order valence-corrected chi connectivity index (χ3v) is 16.6. The highest BCUT2D eigenvalue weighted by Gasteiger charge is 2.34. The molecule has 0 spiro atoms. The van der Waals surface area contributed by atoms with Crippen molar-refractivity contribution >= 4 is 146 Å². The summed E-state index contributed by atoms with van der Waals surface area (Å²) in [7, 11) is 0. The standard InChI is InChI=1S/C22H14F3NO2S2.C12H7F3O2.C12H15NO2S2.C10H9NOS2.C7H7NS.C4H8O2S.2CH4/c23-22(24,25)16-8-4-7-15(11-16)18-10-9-17(28-18)12-19-20(27)26(21(29)30-19)13-14-5-2-1-3-6-14;13-12(14,15)9-3-1-2-8(6-9)11-5-4-10(7-16)17-11;1-2-15-11(14)9-17-12(16)13-8-10-6-4-3-5-7-10;12-9-7-14-10(13)11(9)6-8-4-2-1-3-5-8;9-8-6-7-4-2-1-3-5-7;1-2-6-4(5)3-7;;/h1-12H,13H2;1-7H;3-7H,2,8-9H2,1H3,(H,13,16);1-5H,6-7H2;1-5H,6H2;7H,2-3H2,1H3;2*1H4/p+1/b19-12-;;;;;;;. The number of nitrogens with one attached hydrogen (secondary N) is 1. The summed E-state index contributed by atoms with van der Waals surface area (Å²) in [6, 6.07) is 55.0. The molecule has 1 N–H and O–H groups in total. The van der Waals surface area contributed by atoms with Gasteiger partial charge in [0.15, 0.2) is 12.0 Å². The van der Waals surface area contributed by atoms with E-state index in [4.69, 9.17) is 50.2 Å². The molecule has 508 valence electrons. The fraction of sp³-hybridized carbons (Fsp3) is 0.217. The minimum absolute atomic E-state index is 0. The van der Waals surface area contributed by atoms with Crippen LogP contribution in [-0.2, 0) is 79.6 Å². The lowest BCUT2D eigenvalue weighted by molar-refractivity contribution is -0.140. The number of carbonyl (C=O) groups excluding carboxylic acids is 5. The first-order valence-electron chi connectivity index (χ1n) is 28.1. The Kier molecular flexibility index (Phi) is 37.3. The van der Waals surface area contributed by atoms with Crippen LogP contribution < -0.4 is 5.32 Å². The largest absolute Gasteiger partial charge is 1.00 e. The van der Waals surface area contributed by atoms with Gasteiger partial charge in [0, 0.05) is 36.2 Å². The molecule has 10 rings (SSSR count). The van der Waals surface area contributed by atoms with Crippen LogP contribution in [0.2, 0.25) is 0 Å². The van der Waals surface area contributed by atoms with E-state index in [0.717, 1.165) is 41.0 Å². The molecule has 0 unspecified atom stereocenters. The third-order valence-electron chi connectivity index (χ3n) is 12.1. The molecule has 0 radical (unpaired) electrons. The van der Waals surface area contributed by atoms with Gasteiger partial charge in [0.1, 0.15) is 30.2 Å². The zero-order valence-corrected chi connectivity index (χ0v) is 56.7. The second kappa shape index (κ2) is 43.4. The highest BCUT2D eigenvalue weighted by molar-refractivity contribution is 8.26. The number of hydrogen-bond acceptors (Lipinski definition) is 18. The van der Waals surface area contributed by atoms with E-state index in [-0.39, 0.29) is 74.4 Å². The second-order valence-electron chi connectivity index (χ2n) is 18.9. The lowest BCUT2D eigenvalue weighted by Gasteiger charge is -2.14. The predicted molar refractivity (Wildman–Crippen MR) is 391 cm³/mol. The van der Waals surface area contributed by atoms with Crippen molar-refractivity contribution < 1.29 is 70.0 Å². The van der Waals surface area contributed by atoms with Crippen LogP contribution in [-0.4, -0.2) is 83.3 Å². The normalized spacial score (nSPS) is 12.6. The zero-order valence-electron chi connectivity index (χ0n) is 51.1. The number of rotatable bonds is 17. The van der Waals surface area contributed by atoms with Gasteiger partial charge in [-0.3, -0.25) is 33.8 Å². The Labute approximate surface area is 595 Å². The number of benzene rings is 6. The molecule has 2 aliphatic heterocycles. The van der Waals surface area contributed by atoms with Crippen LogP contribution in [0.5, 0.6) is 0 Å². The maximum absolute atomic E-state index is 12.9. The molecular weight excluding hydrogens is 1400 g/mol. The van der Waals surface area contributed by atoms with E-state index in [1.165, 1.54) is 82.1 Å². The van der Waals surface area contributed by atoms with Crippen molar-refractivity contribution in [3.63, 3.8) is 0 Å². The molecule has 0 bridgehead atoms. The molecule has 0 saturated carbocycles. The van der Waals surface area contributed by atoms with E-state index < -0.39 is 23.5 Å². The van der Waals surface area contributed by atoms with Gasteiger partial charge >= 0.3 is 25.7 Å². The van der Waals surface area contributed by atoms with E-state index in [1.807, 2.05) is 121 Å². The molecule has 2 amide bonds. The van der Waals surface area contributed by atoms with E-state index >= 15 is 0 Å². The first-order valence-corrected chi connectivity index (χ1v) is 33.1. The number of ether oxygens (including phenoxy) is 2. The highest BCUT2D eigenvalue weighted by atomic mass is 32.2. The van der Waals surface area contributed by atoms with Gasteiger partial charge in [0.2, 0.25) is 5.91 Å². The average molecular weight is 1470 g/mol. The van der Waals surface area contributed by atoms with Gasteiger partial charge in [-0.05, 0) is 84.6 Å². The quantitative estimate of drug-likeness (QED) is 0.0221. The summed E-state index contributed by atoms with van der Waals surface area (Å²) in [5, 5.41) is 3.08. The van der Waals surface area contributed by atoms with E-state index in [9.17, 15) is 50.3 Å². The Morgan fingerprint density at radius 2 is 1.10 bits per heavy atom. The highest BCUT2D eigenvalue weighted by Crippen LogP contribution is 2.37. The fourth-order valence-corrected chi connectivity index (χ4v) is 11.0. The first kappa shape index (κ1) is 82.5. The van der Waals surface area contributed by atoms with Crippen LogP contribution in [0.4, 0.5) is 26.3 Å².